The summed E-state index contributed by atoms with van der Waals surface area (Å²) in [5.74, 6) is 2.01. The molecule has 0 aromatic rings. The van der Waals surface area contributed by atoms with Crippen LogP contribution in [0.15, 0.2) is 0 Å². The Labute approximate surface area is 114 Å². The van der Waals surface area contributed by atoms with Crippen molar-refractivity contribution < 1.29 is 9.53 Å². The molecule has 18 heavy (non-hydrogen) atoms. The van der Waals surface area contributed by atoms with Crippen molar-refractivity contribution in [3.63, 3.8) is 0 Å². The zero-order valence-corrected chi connectivity index (χ0v) is 12.5. The zero-order chi connectivity index (χ0) is 13.3. The summed E-state index contributed by atoms with van der Waals surface area (Å²) in [5, 5.41) is 3.24. The first-order valence-corrected chi connectivity index (χ1v) is 7.83. The summed E-state index contributed by atoms with van der Waals surface area (Å²) in [6.07, 6.45) is 1.25. The molecule has 0 unspecified atom stereocenters. The predicted octanol–water partition coefficient (Wildman–Crippen LogP) is 1.31. The lowest BCUT2D eigenvalue weighted by molar-refractivity contribution is -0.164. The Balaban J connectivity index is 1.94. The van der Waals surface area contributed by atoms with Gasteiger partial charge in [0.1, 0.15) is 0 Å². The summed E-state index contributed by atoms with van der Waals surface area (Å²) < 4.78 is 5.72. The molecule has 2 fully saturated rings. The number of hydrogen-bond donors (Lipinski definition) is 1. The third-order valence-corrected chi connectivity index (χ3v) is 5.26. The van der Waals surface area contributed by atoms with Gasteiger partial charge in [0, 0.05) is 36.7 Å². The molecule has 1 aliphatic heterocycles. The maximum Gasteiger partial charge on any atom is 0.240 e. The molecule has 4 nitrogen and oxygen atoms in total. The SMILES string of the molecule is CCO[C@@H]1C[C@H](N(C)C(=O)[C@H]2CSCN2)C1(C)C. The van der Waals surface area contributed by atoms with Gasteiger partial charge in [0.25, 0.3) is 0 Å². The van der Waals surface area contributed by atoms with Crippen LogP contribution >= 0.6 is 11.8 Å². The highest BCUT2D eigenvalue weighted by Gasteiger charge is 2.52. The highest BCUT2D eigenvalue weighted by Crippen LogP contribution is 2.45. The van der Waals surface area contributed by atoms with Crippen LogP contribution in [0.1, 0.15) is 27.2 Å². The Morgan fingerprint density at radius 3 is 2.78 bits per heavy atom. The second-order valence-corrected chi connectivity index (χ2v) is 6.77. The molecule has 5 heteroatoms. The molecule has 1 amide bonds. The molecular weight excluding hydrogens is 248 g/mol. The number of nitrogens with one attached hydrogen (secondary N) is 1. The second-order valence-electron chi connectivity index (χ2n) is 5.74. The number of nitrogens with zero attached hydrogens (tertiary/aromatic N) is 1. The average molecular weight is 272 g/mol. The molecule has 0 bridgehead atoms. The Morgan fingerprint density at radius 2 is 2.28 bits per heavy atom. The average Bonchev–Trinajstić information content (AvgIpc) is 2.86. The van der Waals surface area contributed by atoms with E-state index in [-0.39, 0.29) is 23.5 Å². The van der Waals surface area contributed by atoms with Gasteiger partial charge in [-0.3, -0.25) is 10.1 Å². The highest BCUT2D eigenvalue weighted by atomic mass is 32.2. The summed E-state index contributed by atoms with van der Waals surface area (Å²) in [7, 11) is 1.93. The molecule has 3 atom stereocenters. The molecule has 1 saturated heterocycles. The molecule has 0 radical (unpaired) electrons. The largest absolute Gasteiger partial charge is 0.378 e. The van der Waals surface area contributed by atoms with Gasteiger partial charge in [0.05, 0.1) is 12.1 Å². The van der Waals surface area contributed by atoms with Crippen LogP contribution < -0.4 is 5.32 Å². The van der Waals surface area contributed by atoms with Crippen LogP contribution in [0.2, 0.25) is 0 Å². The molecular formula is C13H24N2O2S. The van der Waals surface area contributed by atoms with E-state index in [1.165, 1.54) is 0 Å². The van der Waals surface area contributed by atoms with Crippen LogP contribution in [0.5, 0.6) is 0 Å². The van der Waals surface area contributed by atoms with E-state index in [1.807, 2.05) is 18.9 Å². The second kappa shape index (κ2) is 5.39. The number of ether oxygens (including phenoxy) is 1. The number of likely N-dealkylation sites (N-methyl/N-ethyl adjacent to an activating group) is 1. The lowest BCUT2D eigenvalue weighted by Gasteiger charge is -2.55. The topological polar surface area (TPSA) is 41.6 Å². The molecule has 0 spiro atoms. The van der Waals surface area contributed by atoms with Gasteiger partial charge >= 0.3 is 0 Å². The molecule has 0 aromatic carbocycles. The van der Waals surface area contributed by atoms with Crippen LogP contribution in [0.4, 0.5) is 0 Å². The van der Waals surface area contributed by atoms with Gasteiger partial charge < -0.3 is 9.64 Å². The molecule has 0 aromatic heterocycles. The number of thioether (sulfide) groups is 1. The predicted molar refractivity (Wildman–Crippen MR) is 74.6 cm³/mol. The quantitative estimate of drug-likeness (QED) is 0.838. The van der Waals surface area contributed by atoms with E-state index in [4.69, 9.17) is 4.74 Å². The minimum atomic E-state index is 0.00180. The molecule has 1 heterocycles. The number of carbonyl (C=O) groups excluding carboxylic acids is 1. The molecule has 1 N–H and O–H groups in total. The maximum absolute atomic E-state index is 12.3. The van der Waals surface area contributed by atoms with Crippen molar-refractivity contribution in [1.82, 2.24) is 10.2 Å². The van der Waals surface area contributed by atoms with Gasteiger partial charge in [-0.05, 0) is 13.3 Å². The lowest BCUT2D eigenvalue weighted by atomic mass is 9.63. The standard InChI is InChI=1S/C13H24N2O2S/c1-5-17-11-6-10(13(11,2)3)15(4)12(16)9-7-18-8-14-9/h9-11,14H,5-8H2,1-4H3/t9-,10+,11-/m1/s1. The highest BCUT2D eigenvalue weighted by molar-refractivity contribution is 7.99. The first kappa shape index (κ1) is 14.2. The number of rotatable bonds is 4. The smallest absolute Gasteiger partial charge is 0.240 e. The minimum Gasteiger partial charge on any atom is -0.378 e. The van der Waals surface area contributed by atoms with Crippen LogP contribution in [-0.4, -0.2) is 54.3 Å². The number of carbonyl (C=O) groups is 1. The summed E-state index contributed by atoms with van der Waals surface area (Å²) in [5.41, 5.74) is 0.0617. The van der Waals surface area contributed by atoms with E-state index in [0.29, 0.717) is 6.04 Å². The Hall–Kier alpha value is -0.260. The van der Waals surface area contributed by atoms with Gasteiger partial charge in [0.2, 0.25) is 5.91 Å². The fraction of sp³-hybridized carbons (Fsp3) is 0.923. The van der Waals surface area contributed by atoms with Crippen LogP contribution in [-0.2, 0) is 9.53 Å². The van der Waals surface area contributed by atoms with Crippen LogP contribution in [0, 0.1) is 5.41 Å². The third-order valence-electron chi connectivity index (χ3n) is 4.32. The molecule has 104 valence electrons. The van der Waals surface area contributed by atoms with Gasteiger partial charge in [-0.25, -0.2) is 0 Å². The third kappa shape index (κ3) is 2.40. The Bertz CT molecular complexity index is 316. The number of hydrogen-bond acceptors (Lipinski definition) is 4. The fourth-order valence-electron chi connectivity index (χ4n) is 2.96. The van der Waals surface area contributed by atoms with E-state index in [0.717, 1.165) is 24.7 Å². The molecule has 1 saturated carbocycles. The zero-order valence-electron chi connectivity index (χ0n) is 11.7. The van der Waals surface area contributed by atoms with Crippen LogP contribution in [0.25, 0.3) is 0 Å². The number of amides is 1. The van der Waals surface area contributed by atoms with E-state index in [2.05, 4.69) is 19.2 Å². The van der Waals surface area contributed by atoms with Crippen molar-refractivity contribution in [3.8, 4) is 0 Å². The van der Waals surface area contributed by atoms with E-state index >= 15 is 0 Å². The maximum atomic E-state index is 12.3. The van der Waals surface area contributed by atoms with E-state index < -0.39 is 0 Å². The van der Waals surface area contributed by atoms with E-state index in [1.54, 1.807) is 11.8 Å². The lowest BCUT2D eigenvalue weighted by Crippen LogP contribution is -2.64. The van der Waals surface area contributed by atoms with Gasteiger partial charge in [-0.2, -0.15) is 0 Å². The first-order valence-electron chi connectivity index (χ1n) is 6.67. The van der Waals surface area contributed by atoms with Crippen molar-refractivity contribution in [1.29, 1.82) is 0 Å². The van der Waals surface area contributed by atoms with Crippen LogP contribution in [0.3, 0.4) is 0 Å². The van der Waals surface area contributed by atoms with Crippen molar-refractivity contribution in [2.75, 3.05) is 25.3 Å². The van der Waals surface area contributed by atoms with Crippen molar-refractivity contribution in [3.05, 3.63) is 0 Å². The van der Waals surface area contributed by atoms with Crippen molar-refractivity contribution in [2.45, 2.75) is 45.4 Å². The summed E-state index contributed by atoms with van der Waals surface area (Å²) in [4.78, 5) is 14.3. The fourth-order valence-corrected chi connectivity index (χ4v) is 3.89. The van der Waals surface area contributed by atoms with Gasteiger partial charge in [-0.15, -0.1) is 11.8 Å². The summed E-state index contributed by atoms with van der Waals surface area (Å²) in [6.45, 7) is 7.17. The summed E-state index contributed by atoms with van der Waals surface area (Å²) in [6, 6.07) is 0.302. The first-order chi connectivity index (χ1) is 8.48. The Morgan fingerprint density at radius 1 is 1.56 bits per heavy atom. The molecule has 2 rings (SSSR count). The molecule has 2 aliphatic rings. The Kier molecular flexibility index (Phi) is 4.24. The minimum absolute atomic E-state index is 0.00180. The van der Waals surface area contributed by atoms with E-state index in [9.17, 15) is 4.79 Å². The summed E-state index contributed by atoms with van der Waals surface area (Å²) >= 11 is 1.79. The van der Waals surface area contributed by atoms with Crippen molar-refractivity contribution in [2.24, 2.45) is 5.41 Å². The molecule has 1 aliphatic carbocycles. The normalized spacial score (nSPS) is 34.1. The van der Waals surface area contributed by atoms with Gasteiger partial charge in [-0.1, -0.05) is 13.8 Å². The van der Waals surface area contributed by atoms with Gasteiger partial charge in [0.15, 0.2) is 0 Å². The monoisotopic (exact) mass is 272 g/mol. The van der Waals surface area contributed by atoms with Crippen molar-refractivity contribution >= 4 is 17.7 Å².